The number of hydrogen-bond acceptors (Lipinski definition) is 3. The molecule has 0 heterocycles. The van der Waals surface area contributed by atoms with Crippen LogP contribution in [-0.4, -0.2) is 22.8 Å². The van der Waals surface area contributed by atoms with Crippen molar-refractivity contribution in [2.75, 3.05) is 5.32 Å². The number of amides is 1. The smallest absolute Gasteiger partial charge is 0.412 e. The number of hydrogen-bond donors (Lipinski definition) is 2. The van der Waals surface area contributed by atoms with Gasteiger partial charge in [0.1, 0.15) is 5.60 Å². The number of carbonyl (C=O) groups is 2. The van der Waals surface area contributed by atoms with Crippen molar-refractivity contribution in [3.63, 3.8) is 0 Å². The number of aliphatic carboxylic acids is 1. The van der Waals surface area contributed by atoms with E-state index in [-0.39, 0.29) is 0 Å². The van der Waals surface area contributed by atoms with Crippen molar-refractivity contribution in [3.8, 4) is 0 Å². The van der Waals surface area contributed by atoms with Crippen molar-refractivity contribution < 1.29 is 19.4 Å². The van der Waals surface area contributed by atoms with Gasteiger partial charge in [-0.3, -0.25) is 10.1 Å². The third kappa shape index (κ3) is 5.27. The Morgan fingerprint density at radius 3 is 2.48 bits per heavy atom. The summed E-state index contributed by atoms with van der Waals surface area (Å²) in [6.45, 7) is 7.02. The summed E-state index contributed by atoms with van der Waals surface area (Å²) in [4.78, 5) is 23.2. The Hall–Kier alpha value is -1.75. The molecule has 0 aliphatic heterocycles. The van der Waals surface area contributed by atoms with Crippen LogP contribution in [0.4, 0.5) is 10.5 Å². The minimum absolute atomic E-state index is 0.388. The van der Waals surface area contributed by atoms with Crippen LogP contribution in [0.15, 0.2) is 18.2 Å². The normalized spacial score (nSPS) is 12.6. The third-order valence-electron chi connectivity index (χ3n) is 2.73. The number of carboxylic acids is 1. The predicted molar refractivity (Wildman–Crippen MR) is 82.0 cm³/mol. The monoisotopic (exact) mass is 313 g/mol. The van der Waals surface area contributed by atoms with Gasteiger partial charge < -0.3 is 9.84 Å². The Morgan fingerprint density at radius 1 is 1.38 bits per heavy atom. The molecule has 5 nitrogen and oxygen atoms in total. The highest BCUT2D eigenvalue weighted by Gasteiger charge is 2.23. The zero-order valence-electron chi connectivity index (χ0n) is 12.6. The van der Waals surface area contributed by atoms with Crippen LogP contribution in [0.2, 0.25) is 5.02 Å². The van der Waals surface area contributed by atoms with Crippen LogP contribution in [0.25, 0.3) is 0 Å². The number of ether oxygens (including phenoxy) is 1. The average Bonchev–Trinajstić information content (AvgIpc) is 2.30. The second-order valence-electron chi connectivity index (χ2n) is 5.66. The molecule has 0 spiro atoms. The molecule has 0 radical (unpaired) electrons. The van der Waals surface area contributed by atoms with Crippen LogP contribution in [0.1, 0.15) is 45.6 Å². The first kappa shape index (κ1) is 17.3. The van der Waals surface area contributed by atoms with Crippen LogP contribution in [-0.2, 0) is 9.53 Å². The van der Waals surface area contributed by atoms with E-state index >= 15 is 0 Å². The Kier molecular flexibility index (Phi) is 5.61. The summed E-state index contributed by atoms with van der Waals surface area (Å²) in [7, 11) is 0. The van der Waals surface area contributed by atoms with Crippen molar-refractivity contribution in [2.24, 2.45) is 0 Å². The molecule has 1 rings (SSSR count). The summed E-state index contributed by atoms with van der Waals surface area (Å²) in [6.07, 6.45) is -0.245. The summed E-state index contributed by atoms with van der Waals surface area (Å²) in [5.41, 5.74) is 0.222. The fraction of sp³-hybridized carbons (Fsp3) is 0.467. The third-order valence-corrected chi connectivity index (χ3v) is 2.97. The van der Waals surface area contributed by atoms with E-state index < -0.39 is 23.6 Å². The van der Waals surface area contributed by atoms with Gasteiger partial charge in [-0.2, -0.15) is 0 Å². The van der Waals surface area contributed by atoms with E-state index in [0.29, 0.717) is 22.7 Å². The number of benzene rings is 1. The molecule has 0 fully saturated rings. The highest BCUT2D eigenvalue weighted by Crippen LogP contribution is 2.30. The van der Waals surface area contributed by atoms with Gasteiger partial charge in [-0.05, 0) is 51.0 Å². The van der Waals surface area contributed by atoms with Crippen LogP contribution in [0, 0.1) is 0 Å². The molecule has 0 bridgehead atoms. The lowest BCUT2D eigenvalue weighted by molar-refractivity contribution is -0.138. The van der Waals surface area contributed by atoms with Crippen molar-refractivity contribution in [1.82, 2.24) is 0 Å². The molecule has 6 heteroatoms. The Bertz CT molecular complexity index is 537. The molecule has 0 aliphatic carbocycles. The van der Waals surface area contributed by atoms with Gasteiger partial charge in [0.25, 0.3) is 0 Å². The first-order chi connectivity index (χ1) is 9.64. The molecule has 2 N–H and O–H groups in total. The molecular weight excluding hydrogens is 294 g/mol. The summed E-state index contributed by atoms with van der Waals surface area (Å²) in [6, 6.07) is 4.72. The minimum atomic E-state index is -0.966. The maximum atomic E-state index is 11.8. The van der Waals surface area contributed by atoms with Gasteiger partial charge >= 0.3 is 12.1 Å². The fourth-order valence-corrected chi connectivity index (χ4v) is 2.06. The van der Waals surface area contributed by atoms with Crippen molar-refractivity contribution in [2.45, 2.75) is 45.6 Å². The Morgan fingerprint density at radius 2 is 2.00 bits per heavy atom. The van der Waals surface area contributed by atoms with Crippen LogP contribution in [0.5, 0.6) is 0 Å². The first-order valence-corrected chi connectivity index (χ1v) is 7.04. The number of carbonyl (C=O) groups excluding carboxylic acids is 1. The van der Waals surface area contributed by atoms with Crippen molar-refractivity contribution in [1.29, 1.82) is 0 Å². The van der Waals surface area contributed by atoms with Gasteiger partial charge in [0, 0.05) is 10.7 Å². The lowest BCUT2D eigenvalue weighted by atomic mass is 9.95. The maximum Gasteiger partial charge on any atom is 0.412 e. The second kappa shape index (κ2) is 6.80. The standard InChI is InChI=1S/C15H20ClNO4/c1-5-10(13(18)19)11-8-9(16)6-7-12(11)17-14(20)21-15(2,3)4/h6-8,10H,5H2,1-4H3,(H,17,20)(H,18,19). The SMILES string of the molecule is CCC(C(=O)O)c1cc(Cl)ccc1NC(=O)OC(C)(C)C. The van der Waals surface area contributed by atoms with Gasteiger partial charge in [-0.1, -0.05) is 18.5 Å². The average molecular weight is 314 g/mol. The van der Waals surface area contributed by atoms with Crippen LogP contribution in [0.3, 0.4) is 0 Å². The summed E-state index contributed by atoms with van der Waals surface area (Å²) in [5.74, 6) is -1.71. The molecule has 1 unspecified atom stereocenters. The Balaban J connectivity index is 3.07. The van der Waals surface area contributed by atoms with Gasteiger partial charge in [-0.15, -0.1) is 0 Å². The van der Waals surface area contributed by atoms with Crippen LogP contribution < -0.4 is 5.32 Å². The van der Waals surface area contributed by atoms with Crippen LogP contribution >= 0.6 is 11.6 Å². The molecule has 1 amide bonds. The zero-order chi connectivity index (χ0) is 16.2. The summed E-state index contributed by atoms with van der Waals surface area (Å²) >= 11 is 5.93. The van der Waals surface area contributed by atoms with Gasteiger partial charge in [-0.25, -0.2) is 4.79 Å². The second-order valence-corrected chi connectivity index (χ2v) is 6.09. The van der Waals surface area contributed by atoms with E-state index in [0.717, 1.165) is 0 Å². The molecule has 116 valence electrons. The molecule has 21 heavy (non-hydrogen) atoms. The molecule has 0 aliphatic rings. The first-order valence-electron chi connectivity index (χ1n) is 6.66. The molecule has 0 saturated carbocycles. The molecular formula is C15H20ClNO4. The largest absolute Gasteiger partial charge is 0.481 e. The Labute approximate surface area is 129 Å². The van der Waals surface area contributed by atoms with Gasteiger partial charge in [0.05, 0.1) is 5.92 Å². The highest BCUT2D eigenvalue weighted by atomic mass is 35.5. The fourth-order valence-electron chi connectivity index (χ4n) is 1.88. The topological polar surface area (TPSA) is 75.6 Å². The van der Waals surface area contributed by atoms with Gasteiger partial charge in [0.2, 0.25) is 0 Å². The molecule has 0 aromatic heterocycles. The number of anilines is 1. The van der Waals surface area contributed by atoms with E-state index in [2.05, 4.69) is 5.32 Å². The van der Waals surface area contributed by atoms with E-state index in [1.54, 1.807) is 45.9 Å². The quantitative estimate of drug-likeness (QED) is 0.870. The van der Waals surface area contributed by atoms with Crippen molar-refractivity contribution >= 4 is 29.4 Å². The molecule has 1 aromatic rings. The minimum Gasteiger partial charge on any atom is -0.481 e. The lowest BCUT2D eigenvalue weighted by Gasteiger charge is -2.21. The lowest BCUT2D eigenvalue weighted by Crippen LogP contribution is -2.28. The molecule has 1 aromatic carbocycles. The molecule has 0 saturated heterocycles. The predicted octanol–water partition coefficient (Wildman–Crippen LogP) is 4.27. The summed E-state index contributed by atoms with van der Waals surface area (Å²) in [5, 5.41) is 12.3. The number of nitrogens with one attached hydrogen (secondary N) is 1. The highest BCUT2D eigenvalue weighted by molar-refractivity contribution is 6.30. The maximum absolute atomic E-state index is 11.8. The van der Waals surface area contributed by atoms with E-state index in [4.69, 9.17) is 16.3 Å². The number of rotatable bonds is 4. The van der Waals surface area contributed by atoms with Crippen molar-refractivity contribution in [3.05, 3.63) is 28.8 Å². The summed E-state index contributed by atoms with van der Waals surface area (Å²) < 4.78 is 5.17. The van der Waals surface area contributed by atoms with E-state index in [9.17, 15) is 14.7 Å². The number of carboxylic acid groups (broad SMARTS) is 1. The molecule has 1 atom stereocenters. The van der Waals surface area contributed by atoms with E-state index in [1.807, 2.05) is 0 Å². The van der Waals surface area contributed by atoms with E-state index in [1.165, 1.54) is 0 Å². The number of halogens is 1. The van der Waals surface area contributed by atoms with Gasteiger partial charge in [0.15, 0.2) is 0 Å². The zero-order valence-corrected chi connectivity index (χ0v) is 13.3.